The maximum atomic E-state index is 12.8. The summed E-state index contributed by atoms with van der Waals surface area (Å²) in [5, 5.41) is 3.34. The third-order valence-electron chi connectivity index (χ3n) is 3.19. The third kappa shape index (κ3) is 5.04. The largest absolute Gasteiger partial charge is 0.351 e. The summed E-state index contributed by atoms with van der Waals surface area (Å²) in [6, 6.07) is 13.8. The Balaban J connectivity index is 1.79. The lowest BCUT2D eigenvalue weighted by atomic mass is 10.2. The summed E-state index contributed by atoms with van der Waals surface area (Å²) in [7, 11) is 0. The van der Waals surface area contributed by atoms with E-state index in [1.165, 1.54) is 23.9 Å². The van der Waals surface area contributed by atoms with Crippen molar-refractivity contribution in [3.63, 3.8) is 0 Å². The average Bonchev–Trinajstić information content (AvgIpc) is 2.53. The van der Waals surface area contributed by atoms with Crippen molar-refractivity contribution in [1.82, 2.24) is 5.32 Å². The van der Waals surface area contributed by atoms with Crippen LogP contribution in [0.25, 0.3) is 0 Å². The van der Waals surface area contributed by atoms with Crippen LogP contribution in [0, 0.1) is 5.82 Å². The lowest BCUT2D eigenvalue weighted by Crippen LogP contribution is -2.30. The number of carbonyl (C=O) groups excluding carboxylic acids is 1. The summed E-state index contributed by atoms with van der Waals surface area (Å²) in [6.45, 7) is 2.27. The average molecular weight is 338 g/mol. The van der Waals surface area contributed by atoms with Crippen LogP contribution in [0.4, 0.5) is 4.39 Å². The van der Waals surface area contributed by atoms with Gasteiger partial charge in [-0.25, -0.2) is 4.39 Å². The topological polar surface area (TPSA) is 29.1 Å². The molecule has 0 fully saturated rings. The van der Waals surface area contributed by atoms with E-state index in [2.05, 4.69) is 5.32 Å². The van der Waals surface area contributed by atoms with Gasteiger partial charge in [-0.15, -0.1) is 11.8 Å². The van der Waals surface area contributed by atoms with Gasteiger partial charge in [-0.3, -0.25) is 4.79 Å². The summed E-state index contributed by atoms with van der Waals surface area (Å²) in [6.07, 6.45) is 0. The number of thioether (sulfide) groups is 1. The van der Waals surface area contributed by atoms with Gasteiger partial charge in [-0.2, -0.15) is 0 Å². The van der Waals surface area contributed by atoms with Gasteiger partial charge in [0.05, 0.1) is 5.25 Å². The molecule has 0 saturated heterocycles. The molecule has 5 heteroatoms. The van der Waals surface area contributed by atoms with Gasteiger partial charge in [0.15, 0.2) is 0 Å². The van der Waals surface area contributed by atoms with Crippen molar-refractivity contribution in [2.45, 2.75) is 24.5 Å². The summed E-state index contributed by atoms with van der Waals surface area (Å²) < 4.78 is 12.8. The molecule has 0 saturated carbocycles. The molecule has 0 bridgehead atoms. The SMILES string of the molecule is C[C@@H](SCc1ccc(F)cc1)C(=O)NCc1ccccc1Cl. The van der Waals surface area contributed by atoms with E-state index in [1.54, 1.807) is 18.2 Å². The van der Waals surface area contributed by atoms with Crippen LogP contribution in [0.2, 0.25) is 5.02 Å². The van der Waals surface area contributed by atoms with Gasteiger partial charge < -0.3 is 5.32 Å². The lowest BCUT2D eigenvalue weighted by molar-refractivity contribution is -0.120. The van der Waals surface area contributed by atoms with Gasteiger partial charge in [0.25, 0.3) is 0 Å². The highest BCUT2D eigenvalue weighted by molar-refractivity contribution is 7.99. The standard InChI is InChI=1S/C17H17ClFNOS/c1-12(22-11-13-6-8-15(19)9-7-13)17(21)20-10-14-4-2-3-5-16(14)18/h2-9,12H,10-11H2,1H3,(H,20,21)/t12-/m1/s1. The number of carbonyl (C=O) groups is 1. The maximum absolute atomic E-state index is 12.8. The highest BCUT2D eigenvalue weighted by atomic mass is 35.5. The number of nitrogens with one attached hydrogen (secondary N) is 1. The van der Waals surface area contributed by atoms with E-state index >= 15 is 0 Å². The monoisotopic (exact) mass is 337 g/mol. The van der Waals surface area contributed by atoms with Gasteiger partial charge in [-0.05, 0) is 36.2 Å². The number of benzene rings is 2. The van der Waals surface area contributed by atoms with Gasteiger partial charge in [0, 0.05) is 17.3 Å². The molecular weight excluding hydrogens is 321 g/mol. The minimum absolute atomic E-state index is 0.0352. The number of halogens is 2. The summed E-state index contributed by atoms with van der Waals surface area (Å²) in [5.74, 6) is 0.382. The second-order valence-electron chi connectivity index (χ2n) is 4.89. The highest BCUT2D eigenvalue weighted by Gasteiger charge is 2.13. The Kier molecular flexibility index (Phi) is 6.28. The lowest BCUT2D eigenvalue weighted by Gasteiger charge is -2.12. The van der Waals surface area contributed by atoms with Crippen LogP contribution in [0.1, 0.15) is 18.1 Å². The molecule has 22 heavy (non-hydrogen) atoms. The van der Waals surface area contributed by atoms with Crippen LogP contribution < -0.4 is 5.32 Å². The molecule has 1 amide bonds. The van der Waals surface area contributed by atoms with Gasteiger partial charge in [0.2, 0.25) is 5.91 Å². The predicted octanol–water partition coefficient (Wildman–Crippen LogP) is 4.42. The Bertz CT molecular complexity index is 633. The Labute approximate surface area is 139 Å². The summed E-state index contributed by atoms with van der Waals surface area (Å²) in [4.78, 5) is 12.1. The Morgan fingerprint density at radius 2 is 1.91 bits per heavy atom. The molecule has 0 aliphatic heterocycles. The van der Waals surface area contributed by atoms with Crippen LogP contribution in [0.5, 0.6) is 0 Å². The fraction of sp³-hybridized carbons (Fsp3) is 0.235. The molecule has 0 spiro atoms. The highest BCUT2D eigenvalue weighted by Crippen LogP contribution is 2.19. The molecule has 0 aromatic heterocycles. The quantitative estimate of drug-likeness (QED) is 0.845. The van der Waals surface area contributed by atoms with E-state index in [-0.39, 0.29) is 17.0 Å². The van der Waals surface area contributed by atoms with E-state index in [0.717, 1.165) is 11.1 Å². The zero-order chi connectivity index (χ0) is 15.9. The Morgan fingerprint density at radius 3 is 2.59 bits per heavy atom. The Morgan fingerprint density at radius 1 is 1.23 bits per heavy atom. The molecule has 0 aliphatic carbocycles. The molecule has 2 nitrogen and oxygen atoms in total. The molecule has 2 aromatic carbocycles. The minimum atomic E-state index is -0.251. The normalized spacial score (nSPS) is 12.0. The first-order valence-electron chi connectivity index (χ1n) is 6.93. The summed E-state index contributed by atoms with van der Waals surface area (Å²) in [5.41, 5.74) is 1.89. The van der Waals surface area contributed by atoms with Crippen molar-refractivity contribution >= 4 is 29.3 Å². The van der Waals surface area contributed by atoms with Crippen molar-refractivity contribution in [2.24, 2.45) is 0 Å². The van der Waals surface area contributed by atoms with E-state index in [4.69, 9.17) is 11.6 Å². The molecule has 0 aliphatic rings. The maximum Gasteiger partial charge on any atom is 0.233 e. The van der Waals surface area contributed by atoms with Gasteiger partial charge in [0.1, 0.15) is 5.82 Å². The molecule has 2 rings (SSSR count). The van der Waals surface area contributed by atoms with E-state index < -0.39 is 0 Å². The van der Waals surface area contributed by atoms with Crippen molar-refractivity contribution in [3.05, 3.63) is 70.5 Å². The molecular formula is C17H17ClFNOS. The van der Waals surface area contributed by atoms with Crippen LogP contribution >= 0.6 is 23.4 Å². The second kappa shape index (κ2) is 8.20. The first-order chi connectivity index (χ1) is 10.6. The fourth-order valence-corrected chi connectivity index (χ4v) is 2.92. The van der Waals surface area contributed by atoms with Crippen molar-refractivity contribution in [3.8, 4) is 0 Å². The first-order valence-corrected chi connectivity index (χ1v) is 8.36. The number of hydrogen-bond donors (Lipinski definition) is 1. The number of rotatable bonds is 6. The number of hydrogen-bond acceptors (Lipinski definition) is 2. The molecule has 0 unspecified atom stereocenters. The molecule has 1 N–H and O–H groups in total. The summed E-state index contributed by atoms with van der Waals surface area (Å²) >= 11 is 7.57. The van der Waals surface area contributed by atoms with Crippen molar-refractivity contribution < 1.29 is 9.18 Å². The van der Waals surface area contributed by atoms with E-state index in [0.29, 0.717) is 17.3 Å². The first kappa shape index (κ1) is 16.8. The molecule has 116 valence electrons. The van der Waals surface area contributed by atoms with Crippen molar-refractivity contribution in [2.75, 3.05) is 0 Å². The predicted molar refractivity (Wildman–Crippen MR) is 90.5 cm³/mol. The van der Waals surface area contributed by atoms with Gasteiger partial charge in [-0.1, -0.05) is 41.9 Å². The van der Waals surface area contributed by atoms with E-state index in [1.807, 2.05) is 25.1 Å². The third-order valence-corrected chi connectivity index (χ3v) is 4.78. The fourth-order valence-electron chi connectivity index (χ4n) is 1.85. The van der Waals surface area contributed by atoms with Gasteiger partial charge >= 0.3 is 0 Å². The molecule has 0 heterocycles. The minimum Gasteiger partial charge on any atom is -0.351 e. The van der Waals surface area contributed by atoms with Crippen LogP contribution in [0.15, 0.2) is 48.5 Å². The smallest absolute Gasteiger partial charge is 0.233 e. The zero-order valence-corrected chi connectivity index (χ0v) is 13.8. The Hall–Kier alpha value is -1.52. The van der Waals surface area contributed by atoms with Crippen LogP contribution in [-0.4, -0.2) is 11.2 Å². The van der Waals surface area contributed by atoms with E-state index in [9.17, 15) is 9.18 Å². The molecule has 2 aromatic rings. The zero-order valence-electron chi connectivity index (χ0n) is 12.2. The number of amides is 1. The van der Waals surface area contributed by atoms with Crippen LogP contribution in [0.3, 0.4) is 0 Å². The van der Waals surface area contributed by atoms with Crippen LogP contribution in [-0.2, 0) is 17.1 Å². The van der Waals surface area contributed by atoms with Crippen molar-refractivity contribution in [1.29, 1.82) is 0 Å². The molecule has 0 radical (unpaired) electrons. The second-order valence-corrected chi connectivity index (χ2v) is 6.63. The molecule has 1 atom stereocenters.